The van der Waals surface area contributed by atoms with Crippen molar-refractivity contribution in [3.8, 4) is 6.07 Å². The number of nitrogens with zero attached hydrogens (tertiary/aromatic N) is 1. The second-order valence-corrected chi connectivity index (χ2v) is 4.64. The molecule has 0 saturated heterocycles. The van der Waals surface area contributed by atoms with Gasteiger partial charge < -0.3 is 10.6 Å². The first-order valence-corrected chi connectivity index (χ1v) is 6.26. The number of anilines is 1. The van der Waals surface area contributed by atoms with Crippen molar-refractivity contribution in [2.75, 3.05) is 12.4 Å². The summed E-state index contributed by atoms with van der Waals surface area (Å²) in [6.45, 7) is 0. The molecule has 1 aliphatic carbocycles. The topological polar surface area (TPSA) is 47.8 Å². The van der Waals surface area contributed by atoms with Gasteiger partial charge in [0.1, 0.15) is 6.07 Å². The maximum atomic E-state index is 9.03. The third-order valence-corrected chi connectivity index (χ3v) is 3.54. The van der Waals surface area contributed by atoms with Crippen LogP contribution in [0.15, 0.2) is 24.3 Å². The molecule has 0 bridgehead atoms. The largest absolute Gasteiger partial charge is 0.381 e. The lowest BCUT2D eigenvalue weighted by Crippen LogP contribution is -2.35. The minimum Gasteiger partial charge on any atom is -0.381 e. The molecule has 0 aromatic heterocycles. The fraction of sp³-hybridized carbons (Fsp3) is 0.500. The Morgan fingerprint density at radius 1 is 1.12 bits per heavy atom. The van der Waals surface area contributed by atoms with Crippen LogP contribution in [0.3, 0.4) is 0 Å². The number of nitrogens with one attached hydrogen (secondary N) is 2. The zero-order valence-corrected chi connectivity index (χ0v) is 10.2. The lowest BCUT2D eigenvalue weighted by molar-refractivity contribution is 0.371. The molecule has 1 aliphatic rings. The lowest BCUT2D eigenvalue weighted by Gasteiger charge is -2.29. The van der Waals surface area contributed by atoms with Gasteiger partial charge in [-0.1, -0.05) is 12.1 Å². The van der Waals surface area contributed by atoms with Crippen LogP contribution in [0.2, 0.25) is 0 Å². The fourth-order valence-electron chi connectivity index (χ4n) is 2.45. The predicted molar refractivity (Wildman–Crippen MR) is 69.9 cm³/mol. The summed E-state index contributed by atoms with van der Waals surface area (Å²) >= 11 is 0. The third-order valence-electron chi connectivity index (χ3n) is 3.54. The van der Waals surface area contributed by atoms with E-state index >= 15 is 0 Å². The zero-order chi connectivity index (χ0) is 12.1. The number of rotatable bonds is 3. The molecule has 1 aromatic rings. The molecule has 1 fully saturated rings. The van der Waals surface area contributed by atoms with Gasteiger partial charge in [-0.2, -0.15) is 5.26 Å². The highest BCUT2D eigenvalue weighted by Crippen LogP contribution is 2.23. The first-order chi connectivity index (χ1) is 8.33. The summed E-state index contributed by atoms with van der Waals surface area (Å²) in [7, 11) is 2.03. The summed E-state index contributed by atoms with van der Waals surface area (Å²) in [5.74, 6) is 0. The first kappa shape index (κ1) is 11.9. The molecule has 3 heteroatoms. The van der Waals surface area contributed by atoms with Gasteiger partial charge in [-0.05, 0) is 44.9 Å². The molecule has 2 rings (SSSR count). The summed E-state index contributed by atoms with van der Waals surface area (Å²) < 4.78 is 0. The van der Waals surface area contributed by atoms with Gasteiger partial charge in [-0.3, -0.25) is 0 Å². The quantitative estimate of drug-likeness (QED) is 0.837. The Balaban J connectivity index is 1.96. The van der Waals surface area contributed by atoms with Crippen molar-refractivity contribution < 1.29 is 0 Å². The summed E-state index contributed by atoms with van der Waals surface area (Å²) in [6.07, 6.45) is 4.77. The van der Waals surface area contributed by atoms with Crippen LogP contribution in [-0.2, 0) is 0 Å². The van der Waals surface area contributed by atoms with Crippen molar-refractivity contribution in [2.45, 2.75) is 37.8 Å². The highest BCUT2D eigenvalue weighted by Gasteiger charge is 2.20. The molecule has 3 nitrogen and oxygen atoms in total. The SMILES string of the molecule is CNC1CCC(Nc2ccccc2C#N)CC1. The highest BCUT2D eigenvalue weighted by molar-refractivity contribution is 5.57. The van der Waals surface area contributed by atoms with Crippen LogP contribution in [0, 0.1) is 11.3 Å². The minimum atomic E-state index is 0.508. The van der Waals surface area contributed by atoms with Crippen molar-refractivity contribution >= 4 is 5.69 Å². The minimum absolute atomic E-state index is 0.508. The van der Waals surface area contributed by atoms with E-state index in [4.69, 9.17) is 5.26 Å². The molecule has 17 heavy (non-hydrogen) atoms. The number of hydrogen-bond acceptors (Lipinski definition) is 3. The van der Waals surface area contributed by atoms with Crippen LogP contribution < -0.4 is 10.6 Å². The maximum absolute atomic E-state index is 9.03. The van der Waals surface area contributed by atoms with E-state index in [9.17, 15) is 0 Å². The van der Waals surface area contributed by atoms with E-state index in [1.807, 2.05) is 31.3 Å². The first-order valence-electron chi connectivity index (χ1n) is 6.26. The maximum Gasteiger partial charge on any atom is 0.101 e. The van der Waals surface area contributed by atoms with E-state index in [0.29, 0.717) is 12.1 Å². The zero-order valence-electron chi connectivity index (χ0n) is 10.2. The van der Waals surface area contributed by atoms with Crippen LogP contribution >= 0.6 is 0 Å². The van der Waals surface area contributed by atoms with Gasteiger partial charge in [0.2, 0.25) is 0 Å². The van der Waals surface area contributed by atoms with Gasteiger partial charge in [0.15, 0.2) is 0 Å². The summed E-state index contributed by atoms with van der Waals surface area (Å²) in [5, 5.41) is 15.9. The van der Waals surface area contributed by atoms with E-state index in [1.165, 1.54) is 25.7 Å². The van der Waals surface area contributed by atoms with Crippen molar-refractivity contribution in [3.63, 3.8) is 0 Å². The standard InChI is InChI=1S/C14H19N3/c1-16-12-6-8-13(9-7-12)17-14-5-3-2-4-11(14)10-15/h2-5,12-13,16-17H,6-9H2,1H3. The Kier molecular flexibility index (Phi) is 4.00. The van der Waals surface area contributed by atoms with E-state index in [0.717, 1.165) is 11.3 Å². The summed E-state index contributed by atoms with van der Waals surface area (Å²) in [6, 6.07) is 11.1. The Labute approximate surface area is 103 Å². The predicted octanol–water partition coefficient (Wildman–Crippen LogP) is 2.50. The average molecular weight is 229 g/mol. The molecular formula is C14H19N3. The molecule has 0 unspecified atom stereocenters. The lowest BCUT2D eigenvalue weighted by atomic mass is 9.91. The molecule has 1 saturated carbocycles. The molecule has 1 aromatic carbocycles. The van der Waals surface area contributed by atoms with Gasteiger partial charge in [-0.25, -0.2) is 0 Å². The monoisotopic (exact) mass is 229 g/mol. The van der Waals surface area contributed by atoms with Crippen LogP contribution in [-0.4, -0.2) is 19.1 Å². The van der Waals surface area contributed by atoms with Crippen molar-refractivity contribution in [3.05, 3.63) is 29.8 Å². The second-order valence-electron chi connectivity index (χ2n) is 4.64. The Morgan fingerprint density at radius 2 is 1.76 bits per heavy atom. The van der Waals surface area contributed by atoms with Gasteiger partial charge in [0, 0.05) is 12.1 Å². The molecule has 0 atom stereocenters. The molecule has 0 aliphatic heterocycles. The average Bonchev–Trinajstić information content (AvgIpc) is 2.40. The van der Waals surface area contributed by atoms with Gasteiger partial charge in [0.25, 0.3) is 0 Å². The van der Waals surface area contributed by atoms with Crippen LogP contribution in [0.4, 0.5) is 5.69 Å². The number of benzene rings is 1. The van der Waals surface area contributed by atoms with Crippen LogP contribution in [0.5, 0.6) is 0 Å². The smallest absolute Gasteiger partial charge is 0.101 e. The normalized spacial score (nSPS) is 24.0. The van der Waals surface area contributed by atoms with Gasteiger partial charge in [-0.15, -0.1) is 0 Å². The van der Waals surface area contributed by atoms with E-state index in [-0.39, 0.29) is 0 Å². The van der Waals surface area contributed by atoms with Gasteiger partial charge in [0.05, 0.1) is 11.3 Å². The number of para-hydroxylation sites is 1. The van der Waals surface area contributed by atoms with E-state index in [1.54, 1.807) is 0 Å². The van der Waals surface area contributed by atoms with Crippen molar-refractivity contribution in [1.82, 2.24) is 5.32 Å². The fourth-order valence-corrected chi connectivity index (χ4v) is 2.45. The highest BCUT2D eigenvalue weighted by atomic mass is 14.9. The molecule has 90 valence electrons. The Morgan fingerprint density at radius 3 is 2.41 bits per heavy atom. The van der Waals surface area contributed by atoms with Crippen molar-refractivity contribution in [1.29, 1.82) is 5.26 Å². The molecule has 0 heterocycles. The Bertz CT molecular complexity index is 400. The molecule has 0 spiro atoms. The number of nitriles is 1. The van der Waals surface area contributed by atoms with E-state index in [2.05, 4.69) is 16.7 Å². The molecule has 2 N–H and O–H groups in total. The van der Waals surface area contributed by atoms with Crippen LogP contribution in [0.1, 0.15) is 31.2 Å². The number of hydrogen-bond donors (Lipinski definition) is 2. The van der Waals surface area contributed by atoms with Crippen LogP contribution in [0.25, 0.3) is 0 Å². The summed E-state index contributed by atoms with van der Waals surface area (Å²) in [5.41, 5.74) is 1.71. The van der Waals surface area contributed by atoms with Crippen molar-refractivity contribution in [2.24, 2.45) is 0 Å². The molecule has 0 amide bonds. The molecule has 0 radical (unpaired) electrons. The van der Waals surface area contributed by atoms with E-state index < -0.39 is 0 Å². The second kappa shape index (κ2) is 5.70. The summed E-state index contributed by atoms with van der Waals surface area (Å²) in [4.78, 5) is 0. The Hall–Kier alpha value is -1.53. The third kappa shape index (κ3) is 2.98. The van der Waals surface area contributed by atoms with Gasteiger partial charge >= 0.3 is 0 Å². The molecular weight excluding hydrogens is 210 g/mol.